The molecule has 0 aromatic heterocycles. The van der Waals surface area contributed by atoms with Gasteiger partial charge in [-0.3, -0.25) is 4.79 Å². The van der Waals surface area contributed by atoms with Gasteiger partial charge in [0.2, 0.25) is 0 Å². The second-order valence-corrected chi connectivity index (χ2v) is 5.24. The summed E-state index contributed by atoms with van der Waals surface area (Å²) in [6, 6.07) is 5.67. The highest BCUT2D eigenvalue weighted by Gasteiger charge is 2.53. The first kappa shape index (κ1) is 11.7. The zero-order valence-electron chi connectivity index (χ0n) is 10.5. The van der Waals surface area contributed by atoms with Crippen molar-refractivity contribution in [3.8, 4) is 5.75 Å². The summed E-state index contributed by atoms with van der Waals surface area (Å²) in [5.74, 6) is 0.864. The van der Waals surface area contributed by atoms with E-state index in [1.165, 1.54) is 0 Å². The highest BCUT2D eigenvalue weighted by Crippen LogP contribution is 2.49. The van der Waals surface area contributed by atoms with Gasteiger partial charge in [-0.1, -0.05) is 12.1 Å². The van der Waals surface area contributed by atoms with E-state index in [9.17, 15) is 9.18 Å². The number of benzene rings is 1. The Labute approximate surface area is 106 Å². The predicted octanol–water partition coefficient (Wildman–Crippen LogP) is 2.97. The van der Waals surface area contributed by atoms with Crippen molar-refractivity contribution in [3.05, 3.63) is 29.3 Å². The lowest BCUT2D eigenvalue weighted by atomic mass is 9.67. The number of halogens is 1. The van der Waals surface area contributed by atoms with E-state index >= 15 is 0 Å². The maximum Gasteiger partial charge on any atom is 0.146 e. The molecule has 1 fully saturated rings. The largest absolute Gasteiger partial charge is 0.496 e. The van der Waals surface area contributed by atoms with E-state index in [4.69, 9.17) is 4.74 Å². The van der Waals surface area contributed by atoms with Crippen molar-refractivity contribution >= 4 is 5.78 Å². The molecule has 0 aliphatic heterocycles. The number of rotatable bonds is 1. The molecule has 0 N–H and O–H groups in total. The number of ketones is 1. The minimum Gasteiger partial charge on any atom is -0.496 e. The van der Waals surface area contributed by atoms with E-state index in [0.29, 0.717) is 25.7 Å². The molecule has 0 saturated heterocycles. The SMILES string of the molecule is COc1cccc2c1CCC(F)C21CCCC1=O. The summed E-state index contributed by atoms with van der Waals surface area (Å²) in [5, 5.41) is 0. The predicted molar refractivity (Wildman–Crippen MR) is 66.7 cm³/mol. The van der Waals surface area contributed by atoms with Crippen LogP contribution in [0, 0.1) is 0 Å². The number of hydrogen-bond acceptors (Lipinski definition) is 2. The molecular formula is C15H17FO2. The number of hydrogen-bond donors (Lipinski definition) is 0. The Kier molecular flexibility index (Phi) is 2.65. The van der Waals surface area contributed by atoms with Gasteiger partial charge in [0, 0.05) is 6.42 Å². The molecule has 1 saturated carbocycles. The van der Waals surface area contributed by atoms with Crippen LogP contribution < -0.4 is 4.74 Å². The van der Waals surface area contributed by atoms with E-state index in [0.717, 1.165) is 23.3 Å². The maximum atomic E-state index is 14.4. The highest BCUT2D eigenvalue weighted by atomic mass is 19.1. The van der Waals surface area contributed by atoms with Crippen LogP contribution in [0.2, 0.25) is 0 Å². The van der Waals surface area contributed by atoms with Crippen LogP contribution in [0.1, 0.15) is 36.8 Å². The van der Waals surface area contributed by atoms with Crippen LogP contribution in [-0.2, 0) is 16.6 Å². The first-order valence-corrected chi connectivity index (χ1v) is 6.54. The summed E-state index contributed by atoms with van der Waals surface area (Å²) >= 11 is 0. The van der Waals surface area contributed by atoms with Crippen LogP contribution >= 0.6 is 0 Å². The molecule has 3 heteroatoms. The van der Waals surface area contributed by atoms with Crippen molar-refractivity contribution in [2.75, 3.05) is 7.11 Å². The molecule has 2 aliphatic rings. The molecule has 0 amide bonds. The van der Waals surface area contributed by atoms with Crippen LogP contribution in [0.3, 0.4) is 0 Å². The zero-order valence-corrected chi connectivity index (χ0v) is 10.5. The van der Waals surface area contributed by atoms with Crippen molar-refractivity contribution in [2.24, 2.45) is 0 Å². The number of methoxy groups -OCH3 is 1. The third-order valence-electron chi connectivity index (χ3n) is 4.49. The third kappa shape index (κ3) is 1.36. The quantitative estimate of drug-likeness (QED) is 0.763. The Hall–Kier alpha value is -1.38. The van der Waals surface area contributed by atoms with Crippen LogP contribution in [0.4, 0.5) is 4.39 Å². The number of Topliss-reactive ketones (excluding diaryl/α,β-unsaturated/α-hetero) is 1. The Morgan fingerprint density at radius 3 is 2.89 bits per heavy atom. The Morgan fingerprint density at radius 2 is 2.22 bits per heavy atom. The van der Waals surface area contributed by atoms with Gasteiger partial charge in [0.25, 0.3) is 0 Å². The fourth-order valence-electron chi connectivity index (χ4n) is 3.63. The smallest absolute Gasteiger partial charge is 0.146 e. The lowest BCUT2D eigenvalue weighted by Crippen LogP contribution is -2.44. The molecule has 0 radical (unpaired) electrons. The highest BCUT2D eigenvalue weighted by molar-refractivity contribution is 5.93. The van der Waals surface area contributed by atoms with Crippen LogP contribution in [0.15, 0.2) is 18.2 Å². The number of alkyl halides is 1. The Bertz CT molecular complexity index is 497. The van der Waals surface area contributed by atoms with Crippen molar-refractivity contribution in [1.82, 2.24) is 0 Å². The summed E-state index contributed by atoms with van der Waals surface area (Å²) in [6.45, 7) is 0. The summed E-state index contributed by atoms with van der Waals surface area (Å²) in [5.41, 5.74) is 1.04. The lowest BCUT2D eigenvalue weighted by Gasteiger charge is -2.37. The second-order valence-electron chi connectivity index (χ2n) is 5.24. The van der Waals surface area contributed by atoms with Crippen molar-refractivity contribution in [2.45, 2.75) is 43.7 Å². The van der Waals surface area contributed by atoms with Crippen molar-refractivity contribution in [1.29, 1.82) is 0 Å². The van der Waals surface area contributed by atoms with E-state index in [-0.39, 0.29) is 5.78 Å². The third-order valence-corrected chi connectivity index (χ3v) is 4.49. The average molecular weight is 248 g/mol. The molecule has 2 unspecified atom stereocenters. The molecule has 3 rings (SSSR count). The van der Waals surface area contributed by atoms with E-state index < -0.39 is 11.6 Å². The molecule has 2 atom stereocenters. The topological polar surface area (TPSA) is 26.3 Å². The summed E-state index contributed by atoms with van der Waals surface area (Å²) in [4.78, 5) is 12.2. The van der Waals surface area contributed by atoms with Gasteiger partial charge in [-0.05, 0) is 42.9 Å². The summed E-state index contributed by atoms with van der Waals surface area (Å²) < 4.78 is 19.8. The summed E-state index contributed by atoms with van der Waals surface area (Å²) in [6.07, 6.45) is 2.02. The molecule has 2 nitrogen and oxygen atoms in total. The molecule has 1 aromatic rings. The van der Waals surface area contributed by atoms with Gasteiger partial charge in [-0.25, -0.2) is 4.39 Å². The molecule has 96 valence electrons. The van der Waals surface area contributed by atoms with Gasteiger partial charge in [-0.15, -0.1) is 0 Å². The van der Waals surface area contributed by atoms with Gasteiger partial charge < -0.3 is 4.74 Å². The van der Waals surface area contributed by atoms with Crippen molar-refractivity contribution in [3.63, 3.8) is 0 Å². The summed E-state index contributed by atoms with van der Waals surface area (Å²) in [7, 11) is 1.63. The number of carbonyl (C=O) groups is 1. The van der Waals surface area contributed by atoms with Gasteiger partial charge in [0.05, 0.1) is 12.5 Å². The lowest BCUT2D eigenvalue weighted by molar-refractivity contribution is -0.124. The van der Waals surface area contributed by atoms with Crippen LogP contribution in [-0.4, -0.2) is 19.1 Å². The van der Waals surface area contributed by atoms with Gasteiger partial charge >= 0.3 is 0 Å². The molecule has 0 bridgehead atoms. The zero-order chi connectivity index (χ0) is 12.8. The maximum absolute atomic E-state index is 14.4. The minimum absolute atomic E-state index is 0.0733. The molecule has 2 aliphatic carbocycles. The average Bonchev–Trinajstić information content (AvgIpc) is 2.77. The van der Waals surface area contributed by atoms with Crippen LogP contribution in [0.5, 0.6) is 5.75 Å². The standard InChI is InChI=1S/C15H17FO2/c1-18-12-5-2-4-11-10(12)7-8-13(16)15(11)9-3-6-14(15)17/h2,4-5,13H,3,6-9H2,1H3. The van der Waals surface area contributed by atoms with Crippen LogP contribution in [0.25, 0.3) is 0 Å². The molecular weight excluding hydrogens is 231 g/mol. The number of carbonyl (C=O) groups excluding carboxylic acids is 1. The normalized spacial score (nSPS) is 30.6. The number of ether oxygens (including phenoxy) is 1. The van der Waals surface area contributed by atoms with E-state index in [2.05, 4.69) is 0 Å². The Morgan fingerprint density at radius 1 is 1.39 bits per heavy atom. The van der Waals surface area contributed by atoms with Gasteiger partial charge in [0.1, 0.15) is 17.7 Å². The molecule has 1 spiro atoms. The number of fused-ring (bicyclic) bond motifs is 2. The van der Waals surface area contributed by atoms with Gasteiger partial charge in [0.15, 0.2) is 0 Å². The second kappa shape index (κ2) is 4.08. The Balaban J connectivity index is 2.21. The molecule has 0 heterocycles. The monoisotopic (exact) mass is 248 g/mol. The van der Waals surface area contributed by atoms with Crippen molar-refractivity contribution < 1.29 is 13.9 Å². The molecule has 1 aromatic carbocycles. The minimum atomic E-state index is -1.04. The first-order chi connectivity index (χ1) is 8.70. The fraction of sp³-hybridized carbons (Fsp3) is 0.533. The van der Waals surface area contributed by atoms with Gasteiger partial charge in [-0.2, -0.15) is 0 Å². The van der Waals surface area contributed by atoms with E-state index in [1.807, 2.05) is 18.2 Å². The molecule has 18 heavy (non-hydrogen) atoms. The fourth-order valence-corrected chi connectivity index (χ4v) is 3.63. The van der Waals surface area contributed by atoms with E-state index in [1.54, 1.807) is 7.11 Å². The first-order valence-electron chi connectivity index (χ1n) is 6.54.